The third kappa shape index (κ3) is 5.22. The molecule has 1 amide bonds. The van der Waals surface area contributed by atoms with Crippen LogP contribution in [0.2, 0.25) is 0 Å². The largest absolute Gasteiger partial charge is 0.462 e. The summed E-state index contributed by atoms with van der Waals surface area (Å²) in [4.78, 5) is 30.9. The van der Waals surface area contributed by atoms with E-state index in [1.165, 1.54) is 23.5 Å². The van der Waals surface area contributed by atoms with Crippen LogP contribution in [-0.4, -0.2) is 23.5 Å². The van der Waals surface area contributed by atoms with E-state index >= 15 is 0 Å². The number of alkyl halides is 3. The maximum absolute atomic E-state index is 13.7. The highest BCUT2D eigenvalue weighted by molar-refractivity contribution is 7.21. The predicted molar refractivity (Wildman–Crippen MR) is 144 cm³/mol. The zero-order valence-corrected chi connectivity index (χ0v) is 22.3. The van der Waals surface area contributed by atoms with Gasteiger partial charge in [-0.3, -0.25) is 4.79 Å². The van der Waals surface area contributed by atoms with E-state index < -0.39 is 29.6 Å². The van der Waals surface area contributed by atoms with Crippen LogP contribution in [0.25, 0.3) is 21.3 Å². The molecule has 0 bridgehead atoms. The number of rotatable bonds is 5. The zero-order chi connectivity index (χ0) is 27.9. The summed E-state index contributed by atoms with van der Waals surface area (Å²) in [6.07, 6.45) is -0.386. The second kappa shape index (κ2) is 10.6. The Labute approximate surface area is 228 Å². The first-order valence-electron chi connectivity index (χ1n) is 12.3. The van der Waals surface area contributed by atoms with Crippen molar-refractivity contribution in [3.8, 4) is 11.1 Å². The molecule has 0 aliphatic heterocycles. The highest BCUT2D eigenvalue weighted by Gasteiger charge is 2.35. The number of pyridine rings is 1. The van der Waals surface area contributed by atoms with Crippen molar-refractivity contribution >= 4 is 55.5 Å². The average Bonchev–Trinajstić information content (AvgIpc) is 3.31. The normalized spacial score (nSPS) is 13.7. The number of nitrogen functional groups attached to an aromatic ring is 1. The quantitative estimate of drug-likeness (QED) is 0.146. The second-order valence-corrected chi connectivity index (χ2v) is 11.1. The van der Waals surface area contributed by atoms with Gasteiger partial charge in [0.05, 0.1) is 17.9 Å². The van der Waals surface area contributed by atoms with Gasteiger partial charge in [-0.05, 0) is 67.5 Å². The Morgan fingerprint density at radius 3 is 2.51 bits per heavy atom. The van der Waals surface area contributed by atoms with E-state index in [1.54, 1.807) is 6.92 Å². The summed E-state index contributed by atoms with van der Waals surface area (Å²) in [5.41, 5.74) is 6.69. The van der Waals surface area contributed by atoms with Gasteiger partial charge in [0.2, 0.25) is 0 Å². The van der Waals surface area contributed by atoms with Crippen LogP contribution in [0, 0.1) is 5.82 Å². The van der Waals surface area contributed by atoms with Gasteiger partial charge >= 0.3 is 12.1 Å². The van der Waals surface area contributed by atoms with Gasteiger partial charge in [-0.15, -0.1) is 22.7 Å². The highest BCUT2D eigenvalue weighted by atomic mass is 32.1. The first-order chi connectivity index (χ1) is 18.6. The van der Waals surface area contributed by atoms with Crippen LogP contribution in [0.15, 0.2) is 30.3 Å². The van der Waals surface area contributed by atoms with Crippen molar-refractivity contribution in [1.29, 1.82) is 0 Å². The van der Waals surface area contributed by atoms with E-state index in [0.29, 0.717) is 17.0 Å². The van der Waals surface area contributed by atoms with E-state index in [4.69, 9.17) is 10.5 Å². The molecule has 1 aromatic carbocycles. The lowest BCUT2D eigenvalue weighted by molar-refractivity contribution is -0.140. The fraction of sp³-hybridized carbons (Fsp3) is 0.296. The SMILES string of the molecule is CCOC(=O)c1c(NC(=O)c2sc3nc(C(F)(F)F)cc(-c4ccc(F)cc4)c3c2N)sc2c1CCCCC2. The molecule has 0 saturated carbocycles. The topological polar surface area (TPSA) is 94.3 Å². The molecule has 3 aromatic heterocycles. The molecule has 0 unspecified atom stereocenters. The molecule has 3 heterocycles. The summed E-state index contributed by atoms with van der Waals surface area (Å²) in [5.74, 6) is -1.76. The number of esters is 1. The number of fused-ring (bicyclic) bond motifs is 2. The third-order valence-electron chi connectivity index (χ3n) is 6.48. The number of hydrogen-bond acceptors (Lipinski definition) is 7. The Hall–Kier alpha value is -3.51. The lowest BCUT2D eigenvalue weighted by Gasteiger charge is -2.11. The summed E-state index contributed by atoms with van der Waals surface area (Å²) in [6.45, 7) is 1.86. The predicted octanol–water partition coefficient (Wildman–Crippen LogP) is 7.46. The second-order valence-electron chi connectivity index (χ2n) is 9.03. The molecule has 0 spiro atoms. The Kier molecular flexibility index (Phi) is 7.34. The van der Waals surface area contributed by atoms with Crippen molar-refractivity contribution in [2.75, 3.05) is 17.7 Å². The summed E-state index contributed by atoms with van der Waals surface area (Å²) in [6, 6.07) is 5.78. The van der Waals surface area contributed by atoms with Gasteiger partial charge < -0.3 is 15.8 Å². The van der Waals surface area contributed by atoms with Gasteiger partial charge in [0.25, 0.3) is 5.91 Å². The van der Waals surface area contributed by atoms with Crippen LogP contribution in [0.4, 0.5) is 28.3 Å². The van der Waals surface area contributed by atoms with Crippen molar-refractivity contribution < 1.29 is 31.9 Å². The summed E-state index contributed by atoms with van der Waals surface area (Å²) >= 11 is 2.03. The van der Waals surface area contributed by atoms with Gasteiger partial charge in [0.1, 0.15) is 26.2 Å². The zero-order valence-electron chi connectivity index (χ0n) is 20.7. The van der Waals surface area contributed by atoms with E-state index in [1.807, 2.05) is 0 Å². The van der Waals surface area contributed by atoms with E-state index in [-0.39, 0.29) is 38.5 Å². The number of hydrogen-bond donors (Lipinski definition) is 2. The fourth-order valence-electron chi connectivity index (χ4n) is 4.70. The van der Waals surface area contributed by atoms with Crippen LogP contribution in [-0.2, 0) is 23.8 Å². The van der Waals surface area contributed by atoms with Crippen LogP contribution < -0.4 is 11.1 Å². The number of nitrogens with zero attached hydrogens (tertiary/aromatic N) is 1. The molecule has 12 heteroatoms. The smallest absolute Gasteiger partial charge is 0.433 e. The van der Waals surface area contributed by atoms with Crippen LogP contribution in [0.5, 0.6) is 0 Å². The number of benzene rings is 1. The molecule has 6 nitrogen and oxygen atoms in total. The molecule has 3 N–H and O–H groups in total. The van der Waals surface area contributed by atoms with Crippen molar-refractivity contribution in [3.05, 3.63) is 62.7 Å². The molecule has 1 aliphatic carbocycles. The number of aryl methyl sites for hydroxylation is 1. The number of anilines is 2. The lowest BCUT2D eigenvalue weighted by Crippen LogP contribution is -2.15. The molecule has 0 radical (unpaired) electrons. The van der Waals surface area contributed by atoms with E-state index in [0.717, 1.165) is 65.7 Å². The monoisotopic (exact) mass is 577 g/mol. The number of amides is 1. The van der Waals surface area contributed by atoms with Crippen molar-refractivity contribution in [1.82, 2.24) is 4.98 Å². The molecule has 0 atom stereocenters. The maximum Gasteiger partial charge on any atom is 0.433 e. The molecule has 1 aliphatic rings. The molecule has 39 heavy (non-hydrogen) atoms. The number of thiophene rings is 2. The van der Waals surface area contributed by atoms with Crippen molar-refractivity contribution in [2.45, 2.75) is 45.2 Å². The highest BCUT2D eigenvalue weighted by Crippen LogP contribution is 2.44. The van der Waals surface area contributed by atoms with E-state index in [2.05, 4.69) is 10.3 Å². The van der Waals surface area contributed by atoms with Gasteiger partial charge in [-0.2, -0.15) is 13.2 Å². The Morgan fingerprint density at radius 2 is 1.82 bits per heavy atom. The average molecular weight is 578 g/mol. The number of ether oxygens (including phenoxy) is 1. The number of aromatic nitrogens is 1. The molecular weight excluding hydrogens is 554 g/mol. The van der Waals surface area contributed by atoms with Crippen molar-refractivity contribution in [3.63, 3.8) is 0 Å². The first-order valence-corrected chi connectivity index (χ1v) is 13.9. The minimum absolute atomic E-state index is 0.0430. The Balaban J connectivity index is 1.60. The van der Waals surface area contributed by atoms with Gasteiger partial charge in [-0.1, -0.05) is 18.6 Å². The Bertz CT molecular complexity index is 1580. The molecule has 0 fully saturated rings. The maximum atomic E-state index is 13.7. The third-order valence-corrected chi connectivity index (χ3v) is 8.78. The molecule has 204 valence electrons. The number of halogens is 4. The number of carbonyl (C=O) groups excluding carboxylic acids is 2. The van der Waals surface area contributed by atoms with Crippen LogP contribution in [0.1, 0.15) is 62.4 Å². The minimum Gasteiger partial charge on any atom is -0.462 e. The first kappa shape index (κ1) is 27.1. The molecule has 5 rings (SSSR count). The van der Waals surface area contributed by atoms with E-state index in [9.17, 15) is 27.2 Å². The van der Waals surface area contributed by atoms with Crippen LogP contribution >= 0.6 is 22.7 Å². The fourth-order valence-corrected chi connectivity index (χ4v) is 6.99. The Morgan fingerprint density at radius 1 is 1.10 bits per heavy atom. The van der Waals surface area contributed by atoms with Gasteiger partial charge in [-0.25, -0.2) is 14.2 Å². The number of nitrogens with two attached hydrogens (primary N) is 1. The molecule has 0 saturated heterocycles. The van der Waals surface area contributed by atoms with Gasteiger partial charge in [0.15, 0.2) is 0 Å². The summed E-state index contributed by atoms with van der Waals surface area (Å²) in [7, 11) is 0. The number of nitrogens with one attached hydrogen (secondary N) is 1. The van der Waals surface area contributed by atoms with Crippen molar-refractivity contribution in [2.24, 2.45) is 0 Å². The summed E-state index contributed by atoms with van der Waals surface area (Å²) in [5, 5.41) is 3.25. The number of carbonyl (C=O) groups is 2. The van der Waals surface area contributed by atoms with Crippen LogP contribution in [0.3, 0.4) is 0 Å². The molecular formula is C27H23F4N3O3S2. The lowest BCUT2D eigenvalue weighted by atomic mass is 10.0. The molecule has 4 aromatic rings. The summed E-state index contributed by atoms with van der Waals surface area (Å²) < 4.78 is 59.8. The van der Waals surface area contributed by atoms with Gasteiger partial charge in [0, 0.05) is 10.3 Å². The minimum atomic E-state index is -4.76. The standard InChI is InChI=1S/C27H23F4N3O3S2/c1-2-37-26(36)20-15-6-4-3-5-7-17(15)38-25(20)34-23(35)22-21(32)19-16(13-8-10-14(28)11-9-13)12-18(27(29,30)31)33-24(19)39-22/h8-12H,2-7,32H2,1H3,(H,34,35).